The first kappa shape index (κ1) is 16.7. The van der Waals surface area contributed by atoms with Gasteiger partial charge in [-0.05, 0) is 45.6 Å². The topological polar surface area (TPSA) is 69.9 Å². The number of likely N-dealkylation sites (tertiary alicyclic amines) is 1. The van der Waals surface area contributed by atoms with Gasteiger partial charge in [-0.25, -0.2) is 0 Å². The summed E-state index contributed by atoms with van der Waals surface area (Å²) < 4.78 is 0. The first-order chi connectivity index (χ1) is 10.9. The minimum atomic E-state index is -0.440. The van der Waals surface area contributed by atoms with Gasteiger partial charge in [0.2, 0.25) is 11.8 Å². The van der Waals surface area contributed by atoms with Gasteiger partial charge in [-0.1, -0.05) is 0 Å². The fourth-order valence-electron chi connectivity index (χ4n) is 4.63. The van der Waals surface area contributed by atoms with Crippen molar-refractivity contribution in [1.82, 2.24) is 14.7 Å². The van der Waals surface area contributed by atoms with Gasteiger partial charge in [0.15, 0.2) is 0 Å². The predicted molar refractivity (Wildman–Crippen MR) is 88.5 cm³/mol. The number of nitrogens with two attached hydrogens (primary N) is 1. The molecule has 129 valence electrons. The molecule has 6 heteroatoms. The standard InChI is InChI=1S/C17H29N4O2/c1-13(22)20-9-6-15(12-20)19(2)10-11-21-14-4-3-7-17(21,8-5-14)16(18)23/h3,14-15H,4-12H2,1-2H3,(H2,18,23)/t14-,15-,17+/m1/s1. The van der Waals surface area contributed by atoms with Crippen LogP contribution in [-0.4, -0.2) is 77.4 Å². The third-order valence-corrected chi connectivity index (χ3v) is 6.19. The minimum Gasteiger partial charge on any atom is -0.368 e. The highest BCUT2D eigenvalue weighted by Crippen LogP contribution is 2.43. The summed E-state index contributed by atoms with van der Waals surface area (Å²) in [5.41, 5.74) is 5.31. The molecule has 6 nitrogen and oxygen atoms in total. The van der Waals surface area contributed by atoms with E-state index in [1.54, 1.807) is 6.92 Å². The Balaban J connectivity index is 1.57. The largest absolute Gasteiger partial charge is 0.368 e. The minimum absolute atomic E-state index is 0.165. The summed E-state index contributed by atoms with van der Waals surface area (Å²) in [6.45, 7) is 5.12. The average molecular weight is 321 g/mol. The van der Waals surface area contributed by atoms with E-state index in [0.717, 1.165) is 58.3 Å². The number of hydrogen-bond acceptors (Lipinski definition) is 4. The number of amides is 2. The maximum atomic E-state index is 12.1. The molecular weight excluding hydrogens is 292 g/mol. The Morgan fingerprint density at radius 3 is 2.83 bits per heavy atom. The van der Waals surface area contributed by atoms with Crippen molar-refractivity contribution >= 4 is 11.8 Å². The molecule has 2 bridgehead atoms. The van der Waals surface area contributed by atoms with Crippen LogP contribution in [0.25, 0.3) is 0 Å². The molecule has 0 aromatic heterocycles. The summed E-state index contributed by atoms with van der Waals surface area (Å²) in [5, 5.41) is 0. The Labute approximate surface area is 139 Å². The summed E-state index contributed by atoms with van der Waals surface area (Å²) in [6.07, 6.45) is 7.11. The van der Waals surface area contributed by atoms with Crippen LogP contribution in [0, 0.1) is 6.42 Å². The number of hydrogen-bond donors (Lipinski definition) is 1. The lowest BCUT2D eigenvalue weighted by Crippen LogP contribution is -2.59. The molecule has 3 aliphatic heterocycles. The zero-order chi connectivity index (χ0) is 16.6. The Hall–Kier alpha value is -1.14. The molecule has 2 N–H and O–H groups in total. The molecule has 0 unspecified atom stereocenters. The van der Waals surface area contributed by atoms with Crippen LogP contribution in [-0.2, 0) is 9.59 Å². The lowest BCUT2D eigenvalue weighted by Gasteiger charge is -2.43. The zero-order valence-electron chi connectivity index (χ0n) is 14.3. The van der Waals surface area contributed by atoms with Gasteiger partial charge in [0, 0.05) is 45.2 Å². The third-order valence-electron chi connectivity index (χ3n) is 6.19. The van der Waals surface area contributed by atoms with Crippen molar-refractivity contribution in [2.24, 2.45) is 5.73 Å². The maximum Gasteiger partial charge on any atom is 0.237 e. The molecule has 3 atom stereocenters. The van der Waals surface area contributed by atoms with Gasteiger partial charge in [-0.2, -0.15) is 0 Å². The molecule has 3 heterocycles. The number of piperidine rings is 1. The summed E-state index contributed by atoms with van der Waals surface area (Å²) >= 11 is 0. The highest BCUT2D eigenvalue weighted by molar-refractivity contribution is 5.85. The average Bonchev–Trinajstić information content (AvgIpc) is 3.07. The maximum absolute atomic E-state index is 12.1. The normalized spacial score (nSPS) is 34.3. The van der Waals surface area contributed by atoms with Crippen molar-refractivity contribution in [2.75, 3.05) is 33.2 Å². The molecule has 2 amide bonds. The Morgan fingerprint density at radius 2 is 2.17 bits per heavy atom. The second-order valence-corrected chi connectivity index (χ2v) is 7.40. The van der Waals surface area contributed by atoms with E-state index in [0.29, 0.717) is 12.1 Å². The predicted octanol–water partition coefficient (Wildman–Crippen LogP) is 0.226. The first-order valence-corrected chi connectivity index (χ1v) is 8.78. The number of rotatable bonds is 5. The lowest BCUT2D eigenvalue weighted by atomic mass is 9.87. The lowest BCUT2D eigenvalue weighted by molar-refractivity contribution is -0.131. The summed E-state index contributed by atoms with van der Waals surface area (Å²) in [7, 11) is 2.13. The SMILES string of the molecule is CC(=O)N1CC[C@@H](N(C)CCN2[C@@H]3C[CH]C[C@@]2(C(N)=O)CC3)C1. The molecule has 0 aliphatic carbocycles. The molecule has 1 radical (unpaired) electrons. The van der Waals surface area contributed by atoms with Crippen LogP contribution in [0.15, 0.2) is 0 Å². The molecule has 3 fully saturated rings. The van der Waals surface area contributed by atoms with E-state index in [1.807, 2.05) is 4.90 Å². The number of nitrogens with zero attached hydrogens (tertiary/aromatic N) is 3. The zero-order valence-corrected chi connectivity index (χ0v) is 14.3. The van der Waals surface area contributed by atoms with Crippen LogP contribution in [0.4, 0.5) is 0 Å². The van der Waals surface area contributed by atoms with Crippen molar-refractivity contribution in [3.63, 3.8) is 0 Å². The number of primary amides is 1. The first-order valence-electron chi connectivity index (χ1n) is 8.78. The van der Waals surface area contributed by atoms with Crippen LogP contribution in [0.5, 0.6) is 0 Å². The van der Waals surface area contributed by atoms with Crippen LogP contribution >= 0.6 is 0 Å². The molecule has 3 rings (SSSR count). The second-order valence-electron chi connectivity index (χ2n) is 7.40. The highest BCUT2D eigenvalue weighted by atomic mass is 16.2. The molecule has 23 heavy (non-hydrogen) atoms. The quantitative estimate of drug-likeness (QED) is 0.787. The molecule has 0 spiro atoms. The summed E-state index contributed by atoms with van der Waals surface area (Å²) in [5.74, 6) is 0.000387. The van der Waals surface area contributed by atoms with Crippen molar-refractivity contribution in [2.45, 2.75) is 56.7 Å². The van der Waals surface area contributed by atoms with Crippen molar-refractivity contribution in [3.05, 3.63) is 6.42 Å². The number of fused-ring (bicyclic) bond motifs is 2. The molecular formula is C17H29N4O2. The fourth-order valence-corrected chi connectivity index (χ4v) is 4.63. The monoisotopic (exact) mass is 321 g/mol. The van der Waals surface area contributed by atoms with Crippen molar-refractivity contribution in [1.29, 1.82) is 0 Å². The molecule has 3 aliphatic rings. The summed E-state index contributed by atoms with van der Waals surface area (Å²) in [6, 6.07) is 0.902. The van der Waals surface area contributed by atoms with Crippen LogP contribution < -0.4 is 5.73 Å². The Bertz CT molecular complexity index is 479. The number of likely N-dealkylation sites (N-methyl/N-ethyl adjacent to an activating group) is 1. The van der Waals surface area contributed by atoms with E-state index < -0.39 is 5.54 Å². The van der Waals surface area contributed by atoms with E-state index in [1.165, 1.54) is 0 Å². The fraction of sp³-hybridized carbons (Fsp3) is 0.824. The van der Waals surface area contributed by atoms with Crippen LogP contribution in [0.2, 0.25) is 0 Å². The van der Waals surface area contributed by atoms with Gasteiger partial charge >= 0.3 is 0 Å². The Kier molecular flexibility index (Phi) is 4.65. The summed E-state index contributed by atoms with van der Waals surface area (Å²) in [4.78, 5) is 30.2. The van der Waals surface area contributed by atoms with E-state index in [9.17, 15) is 9.59 Å². The van der Waals surface area contributed by atoms with Crippen molar-refractivity contribution in [3.8, 4) is 0 Å². The van der Waals surface area contributed by atoms with Gasteiger partial charge in [0.1, 0.15) is 5.54 Å². The van der Waals surface area contributed by atoms with Gasteiger partial charge in [-0.15, -0.1) is 0 Å². The number of carbonyl (C=O) groups is 2. The third kappa shape index (κ3) is 2.98. The van der Waals surface area contributed by atoms with Gasteiger partial charge in [0.25, 0.3) is 0 Å². The number of carbonyl (C=O) groups excluding carboxylic acids is 2. The second kappa shape index (κ2) is 6.40. The van der Waals surface area contributed by atoms with Gasteiger partial charge in [-0.3, -0.25) is 14.5 Å². The van der Waals surface area contributed by atoms with Gasteiger partial charge < -0.3 is 15.5 Å². The highest BCUT2D eigenvalue weighted by Gasteiger charge is 2.52. The van der Waals surface area contributed by atoms with Crippen LogP contribution in [0.3, 0.4) is 0 Å². The molecule has 3 saturated heterocycles. The van der Waals surface area contributed by atoms with E-state index in [4.69, 9.17) is 5.73 Å². The Morgan fingerprint density at radius 1 is 1.39 bits per heavy atom. The molecule has 0 aromatic rings. The van der Waals surface area contributed by atoms with E-state index >= 15 is 0 Å². The van der Waals surface area contributed by atoms with Crippen molar-refractivity contribution < 1.29 is 9.59 Å². The smallest absolute Gasteiger partial charge is 0.237 e. The van der Waals surface area contributed by atoms with E-state index in [2.05, 4.69) is 23.3 Å². The van der Waals surface area contributed by atoms with E-state index in [-0.39, 0.29) is 11.8 Å². The molecule has 0 aromatic carbocycles. The molecule has 0 saturated carbocycles. The van der Waals surface area contributed by atoms with Crippen LogP contribution in [0.1, 0.15) is 39.0 Å². The van der Waals surface area contributed by atoms with Gasteiger partial charge in [0.05, 0.1) is 0 Å².